The quantitative estimate of drug-likeness (QED) is 0.0712. The molecule has 0 aliphatic carbocycles. The molecule has 3 amide bonds. The molecule has 4 atom stereocenters. The average Bonchev–Trinajstić information content (AvgIpc) is 2.79. The van der Waals surface area contributed by atoms with Crippen LogP contribution in [-0.4, -0.2) is 76.5 Å². The van der Waals surface area contributed by atoms with Crippen molar-refractivity contribution in [1.82, 2.24) is 16.0 Å². The van der Waals surface area contributed by atoms with Crippen LogP contribution < -0.4 is 33.2 Å². The second kappa shape index (κ2) is 14.9. The monoisotopic (exact) mass is 507 g/mol. The maximum absolute atomic E-state index is 12.9. The first-order chi connectivity index (χ1) is 16.9. The molecule has 0 radical (unpaired) electrons. The van der Waals surface area contributed by atoms with E-state index < -0.39 is 60.2 Å². The summed E-state index contributed by atoms with van der Waals surface area (Å²) in [5, 5.41) is 25.7. The highest BCUT2D eigenvalue weighted by atomic mass is 16.4. The molecule has 0 aliphatic heterocycles. The fraction of sp³-hybridized carbons (Fsp3) is 0.455. The standard InChI is InChI=1S/C22H33N7O7/c1-12(23)18(32)27-14(8-5-9-26-22(24)25)19(33)28-15(11-17(30)31)20(34)29-16(21(35)36)10-13-6-3-2-4-7-13/h2-4,6-7,12,14-16H,5,8-11,23H2,1H3,(H,27,32)(H,28,33)(H,29,34)(H,30,31)(H,35,36)(H4,24,25,26). The maximum atomic E-state index is 12.9. The smallest absolute Gasteiger partial charge is 0.326 e. The molecule has 0 spiro atoms. The molecule has 14 nitrogen and oxygen atoms in total. The van der Waals surface area contributed by atoms with Crippen LogP contribution in [0.25, 0.3) is 0 Å². The van der Waals surface area contributed by atoms with E-state index in [0.29, 0.717) is 5.56 Å². The number of nitrogens with two attached hydrogens (primary N) is 3. The first kappa shape index (κ1) is 29.8. The van der Waals surface area contributed by atoms with Crippen LogP contribution >= 0.6 is 0 Å². The number of benzene rings is 1. The normalized spacial score (nSPS) is 13.8. The predicted molar refractivity (Wildman–Crippen MR) is 129 cm³/mol. The molecular weight excluding hydrogens is 474 g/mol. The molecule has 0 heterocycles. The number of hydrogen-bond donors (Lipinski definition) is 8. The van der Waals surface area contributed by atoms with E-state index in [-0.39, 0.29) is 31.8 Å². The lowest BCUT2D eigenvalue weighted by Gasteiger charge is -2.24. The summed E-state index contributed by atoms with van der Waals surface area (Å²) >= 11 is 0. The first-order valence-electron chi connectivity index (χ1n) is 11.1. The number of nitrogens with zero attached hydrogens (tertiary/aromatic N) is 1. The topological polar surface area (TPSA) is 252 Å². The highest BCUT2D eigenvalue weighted by molar-refractivity contribution is 5.95. The number of guanidine groups is 1. The van der Waals surface area contributed by atoms with Gasteiger partial charge in [-0.05, 0) is 25.3 Å². The summed E-state index contributed by atoms with van der Waals surface area (Å²) in [4.78, 5) is 64.6. The van der Waals surface area contributed by atoms with E-state index in [1.807, 2.05) is 0 Å². The van der Waals surface area contributed by atoms with Gasteiger partial charge in [0.2, 0.25) is 17.7 Å². The highest BCUT2D eigenvalue weighted by Crippen LogP contribution is 2.06. The SMILES string of the molecule is CC(N)C(=O)NC(CCCN=C(N)N)C(=O)NC(CC(=O)O)C(=O)NC(Cc1ccccc1)C(=O)O. The average molecular weight is 508 g/mol. The van der Waals surface area contributed by atoms with Crippen molar-refractivity contribution in [3.05, 3.63) is 35.9 Å². The number of carboxylic acid groups (broad SMARTS) is 2. The van der Waals surface area contributed by atoms with Gasteiger partial charge >= 0.3 is 11.9 Å². The van der Waals surface area contributed by atoms with E-state index in [4.69, 9.17) is 17.2 Å². The molecule has 1 rings (SSSR count). The first-order valence-corrected chi connectivity index (χ1v) is 11.1. The Labute approximate surface area is 207 Å². The minimum absolute atomic E-state index is 0.0498. The number of nitrogens with one attached hydrogen (secondary N) is 3. The van der Waals surface area contributed by atoms with E-state index in [1.54, 1.807) is 30.3 Å². The predicted octanol–water partition coefficient (Wildman–Crippen LogP) is -2.36. The van der Waals surface area contributed by atoms with Crippen molar-refractivity contribution >= 4 is 35.6 Å². The van der Waals surface area contributed by atoms with Crippen molar-refractivity contribution in [3.8, 4) is 0 Å². The van der Waals surface area contributed by atoms with Crippen molar-refractivity contribution in [2.24, 2.45) is 22.2 Å². The molecule has 198 valence electrons. The second-order valence-electron chi connectivity index (χ2n) is 8.05. The van der Waals surface area contributed by atoms with E-state index in [1.165, 1.54) is 6.92 Å². The summed E-state index contributed by atoms with van der Waals surface area (Å²) in [7, 11) is 0. The Hall–Kier alpha value is -4.20. The minimum atomic E-state index is -1.61. The molecule has 0 saturated carbocycles. The van der Waals surface area contributed by atoms with Crippen molar-refractivity contribution in [3.63, 3.8) is 0 Å². The van der Waals surface area contributed by atoms with Crippen LogP contribution in [0.2, 0.25) is 0 Å². The third-order valence-corrected chi connectivity index (χ3v) is 4.90. The zero-order chi connectivity index (χ0) is 27.3. The lowest BCUT2D eigenvalue weighted by atomic mass is 10.0. The van der Waals surface area contributed by atoms with Crippen molar-refractivity contribution in [1.29, 1.82) is 0 Å². The van der Waals surface area contributed by atoms with Gasteiger partial charge in [0.1, 0.15) is 18.1 Å². The van der Waals surface area contributed by atoms with Crippen LogP contribution in [0.3, 0.4) is 0 Å². The fourth-order valence-electron chi connectivity index (χ4n) is 3.05. The number of rotatable bonds is 15. The number of amides is 3. The van der Waals surface area contributed by atoms with Gasteiger partial charge in [0.15, 0.2) is 5.96 Å². The Morgan fingerprint density at radius 2 is 1.44 bits per heavy atom. The van der Waals surface area contributed by atoms with Gasteiger partial charge in [-0.2, -0.15) is 0 Å². The third kappa shape index (κ3) is 11.3. The van der Waals surface area contributed by atoms with E-state index >= 15 is 0 Å². The van der Waals surface area contributed by atoms with Crippen LogP contribution in [-0.2, 0) is 30.4 Å². The largest absolute Gasteiger partial charge is 0.481 e. The molecule has 11 N–H and O–H groups in total. The number of aliphatic carboxylic acids is 2. The van der Waals surface area contributed by atoms with E-state index in [9.17, 15) is 34.2 Å². The van der Waals surface area contributed by atoms with Gasteiger partial charge in [0.05, 0.1) is 12.5 Å². The molecule has 0 fully saturated rings. The Morgan fingerprint density at radius 3 is 1.97 bits per heavy atom. The number of carbonyl (C=O) groups is 5. The molecular formula is C22H33N7O7. The molecule has 0 aliphatic rings. The van der Waals surface area contributed by atoms with Crippen LogP contribution in [0.4, 0.5) is 0 Å². The lowest BCUT2D eigenvalue weighted by molar-refractivity contribution is -0.143. The van der Waals surface area contributed by atoms with Crippen molar-refractivity contribution in [2.45, 2.75) is 56.8 Å². The summed E-state index contributed by atoms with van der Waals surface area (Å²) in [5.74, 6) is -5.41. The number of carboxylic acids is 2. The van der Waals surface area contributed by atoms with E-state index in [2.05, 4.69) is 20.9 Å². The summed E-state index contributed by atoms with van der Waals surface area (Å²) in [6.07, 6.45) is -0.567. The zero-order valence-corrected chi connectivity index (χ0v) is 19.8. The molecule has 14 heteroatoms. The Bertz CT molecular complexity index is 949. The Kier molecular flexibility index (Phi) is 12.4. The van der Waals surface area contributed by atoms with Gasteiger partial charge < -0.3 is 43.4 Å². The molecule has 1 aromatic carbocycles. The van der Waals surface area contributed by atoms with Gasteiger partial charge in [0.25, 0.3) is 0 Å². The molecule has 0 saturated heterocycles. The summed E-state index contributed by atoms with van der Waals surface area (Å²) < 4.78 is 0. The summed E-state index contributed by atoms with van der Waals surface area (Å²) in [6.45, 7) is 1.56. The molecule has 0 bridgehead atoms. The summed E-state index contributed by atoms with van der Waals surface area (Å²) in [6, 6.07) is 3.39. The molecule has 36 heavy (non-hydrogen) atoms. The van der Waals surface area contributed by atoms with Crippen LogP contribution in [0, 0.1) is 0 Å². The van der Waals surface area contributed by atoms with Gasteiger partial charge in [-0.15, -0.1) is 0 Å². The fourth-order valence-corrected chi connectivity index (χ4v) is 3.05. The second-order valence-corrected chi connectivity index (χ2v) is 8.05. The molecule has 4 unspecified atom stereocenters. The third-order valence-electron chi connectivity index (χ3n) is 4.90. The number of aliphatic imine (C=N–C) groups is 1. The Morgan fingerprint density at radius 1 is 0.889 bits per heavy atom. The van der Waals surface area contributed by atoms with Crippen LogP contribution in [0.1, 0.15) is 31.7 Å². The molecule has 1 aromatic rings. The summed E-state index contributed by atoms with van der Waals surface area (Å²) in [5.41, 5.74) is 16.7. The number of carbonyl (C=O) groups excluding carboxylic acids is 3. The van der Waals surface area contributed by atoms with Gasteiger partial charge in [-0.3, -0.25) is 24.2 Å². The van der Waals surface area contributed by atoms with Crippen LogP contribution in [0.5, 0.6) is 0 Å². The minimum Gasteiger partial charge on any atom is -0.481 e. The zero-order valence-electron chi connectivity index (χ0n) is 19.8. The molecule has 0 aromatic heterocycles. The van der Waals surface area contributed by atoms with Gasteiger partial charge in [-0.1, -0.05) is 30.3 Å². The van der Waals surface area contributed by atoms with Crippen molar-refractivity contribution < 1.29 is 34.2 Å². The highest BCUT2D eigenvalue weighted by Gasteiger charge is 2.31. The maximum Gasteiger partial charge on any atom is 0.326 e. The van der Waals surface area contributed by atoms with Gasteiger partial charge in [-0.25, -0.2) is 4.79 Å². The van der Waals surface area contributed by atoms with E-state index in [0.717, 1.165) is 0 Å². The van der Waals surface area contributed by atoms with Crippen molar-refractivity contribution in [2.75, 3.05) is 6.54 Å². The number of hydrogen-bond acceptors (Lipinski definition) is 7. The lowest BCUT2D eigenvalue weighted by Crippen LogP contribution is -2.57. The van der Waals surface area contributed by atoms with Crippen LogP contribution in [0.15, 0.2) is 35.3 Å². The Balaban J connectivity index is 2.99. The van der Waals surface area contributed by atoms with Gasteiger partial charge in [0, 0.05) is 13.0 Å².